The van der Waals surface area contributed by atoms with Crippen LogP contribution in [0.25, 0.3) is 17.2 Å². The second-order valence-electron chi connectivity index (χ2n) is 7.33. The van der Waals surface area contributed by atoms with Crippen LogP contribution in [0.4, 0.5) is 5.00 Å². The van der Waals surface area contributed by atoms with E-state index in [1.807, 2.05) is 60.8 Å². The van der Waals surface area contributed by atoms with E-state index in [-0.39, 0.29) is 12.5 Å². The summed E-state index contributed by atoms with van der Waals surface area (Å²) in [5, 5.41) is 5.19. The lowest BCUT2D eigenvalue weighted by molar-refractivity contribution is -0.111. The van der Waals surface area contributed by atoms with Gasteiger partial charge in [-0.1, -0.05) is 56.3 Å². The molecule has 0 radical (unpaired) electrons. The molecule has 0 saturated heterocycles. The number of carbonyl (C=O) groups is 2. The summed E-state index contributed by atoms with van der Waals surface area (Å²) in [6.45, 7) is 6.76. The van der Waals surface area contributed by atoms with Gasteiger partial charge in [-0.25, -0.2) is 4.79 Å². The Balaban J connectivity index is 1.84. The van der Waals surface area contributed by atoms with Crippen molar-refractivity contribution in [2.45, 2.75) is 33.6 Å². The average Bonchev–Trinajstić information content (AvgIpc) is 3.25. The summed E-state index contributed by atoms with van der Waals surface area (Å²) in [5.74, 6) is -0.0592. The van der Waals surface area contributed by atoms with Crippen molar-refractivity contribution in [2.75, 3.05) is 18.5 Å². The second-order valence-corrected chi connectivity index (χ2v) is 8.21. The van der Waals surface area contributed by atoms with E-state index in [2.05, 4.69) is 12.2 Å². The zero-order chi connectivity index (χ0) is 23.6. The summed E-state index contributed by atoms with van der Waals surface area (Å²) in [6.07, 6.45) is 4.99. The number of hydrogen-bond acceptors (Lipinski definition) is 5. The molecule has 1 heterocycles. The fourth-order valence-electron chi connectivity index (χ4n) is 3.27. The van der Waals surface area contributed by atoms with Gasteiger partial charge in [-0.2, -0.15) is 0 Å². The number of thiophene rings is 1. The third kappa shape index (κ3) is 6.33. The molecule has 0 unspecified atom stereocenters. The van der Waals surface area contributed by atoms with E-state index in [1.165, 1.54) is 23.0 Å². The maximum atomic E-state index is 12.7. The molecule has 0 aliphatic heterocycles. The van der Waals surface area contributed by atoms with Gasteiger partial charge in [0.1, 0.15) is 16.3 Å². The number of ether oxygens (including phenoxy) is 2. The SMILES string of the molecule is CCCOc1ccccc1C=CC(=O)Nc1scc(-c2ccc(CC)cc2)c1C(=O)OCC. The molecule has 5 nitrogen and oxygen atoms in total. The van der Waals surface area contributed by atoms with Crippen molar-refractivity contribution in [1.82, 2.24) is 0 Å². The molecular formula is C27H29NO4S. The minimum Gasteiger partial charge on any atom is -0.493 e. The monoisotopic (exact) mass is 463 g/mol. The zero-order valence-electron chi connectivity index (χ0n) is 19.2. The van der Waals surface area contributed by atoms with Crippen molar-refractivity contribution in [3.8, 4) is 16.9 Å². The van der Waals surface area contributed by atoms with Crippen molar-refractivity contribution < 1.29 is 19.1 Å². The Hall–Kier alpha value is -3.38. The minimum absolute atomic E-state index is 0.255. The maximum absolute atomic E-state index is 12.7. The van der Waals surface area contributed by atoms with Crippen molar-refractivity contribution in [1.29, 1.82) is 0 Å². The first kappa shape index (κ1) is 24.3. The number of rotatable bonds is 10. The molecule has 1 N–H and O–H groups in total. The van der Waals surface area contributed by atoms with Gasteiger partial charge in [0.2, 0.25) is 5.91 Å². The normalized spacial score (nSPS) is 10.9. The Kier molecular flexibility index (Phi) is 8.84. The average molecular weight is 464 g/mol. The molecule has 1 amide bonds. The lowest BCUT2D eigenvalue weighted by Gasteiger charge is -2.09. The number of aryl methyl sites for hydroxylation is 1. The van der Waals surface area contributed by atoms with Gasteiger partial charge in [-0.15, -0.1) is 11.3 Å². The van der Waals surface area contributed by atoms with Crippen molar-refractivity contribution in [2.24, 2.45) is 0 Å². The molecule has 0 aliphatic rings. The summed E-state index contributed by atoms with van der Waals surface area (Å²) in [6, 6.07) is 15.6. The fourth-order valence-corrected chi connectivity index (χ4v) is 4.23. The molecule has 0 aliphatic carbocycles. The molecule has 3 rings (SSSR count). The van der Waals surface area contributed by atoms with Gasteiger partial charge >= 0.3 is 5.97 Å². The molecule has 0 fully saturated rings. The van der Waals surface area contributed by atoms with Crippen LogP contribution in [0.15, 0.2) is 60.0 Å². The first-order valence-electron chi connectivity index (χ1n) is 11.2. The largest absolute Gasteiger partial charge is 0.493 e. The summed E-state index contributed by atoms with van der Waals surface area (Å²) in [5.41, 5.74) is 4.06. The van der Waals surface area contributed by atoms with Gasteiger partial charge in [0.05, 0.1) is 13.2 Å². The molecule has 0 bridgehead atoms. The van der Waals surface area contributed by atoms with E-state index in [0.717, 1.165) is 35.3 Å². The zero-order valence-corrected chi connectivity index (χ0v) is 20.0. The van der Waals surface area contributed by atoms with Crippen LogP contribution in [-0.4, -0.2) is 25.1 Å². The molecule has 1 aromatic heterocycles. The van der Waals surface area contributed by atoms with Gasteiger partial charge in [0.15, 0.2) is 0 Å². The number of hydrogen-bond donors (Lipinski definition) is 1. The second kappa shape index (κ2) is 12.0. The molecule has 0 atom stereocenters. The maximum Gasteiger partial charge on any atom is 0.341 e. The molecule has 0 spiro atoms. The lowest BCUT2D eigenvalue weighted by atomic mass is 10.0. The predicted molar refractivity (Wildman–Crippen MR) is 135 cm³/mol. The number of esters is 1. The summed E-state index contributed by atoms with van der Waals surface area (Å²) >= 11 is 1.31. The Morgan fingerprint density at radius 1 is 1.03 bits per heavy atom. The highest BCUT2D eigenvalue weighted by molar-refractivity contribution is 7.15. The lowest BCUT2D eigenvalue weighted by Crippen LogP contribution is -2.12. The highest BCUT2D eigenvalue weighted by atomic mass is 32.1. The number of carbonyl (C=O) groups excluding carboxylic acids is 2. The Morgan fingerprint density at radius 2 is 1.79 bits per heavy atom. The minimum atomic E-state index is -0.453. The molecule has 0 saturated carbocycles. The van der Waals surface area contributed by atoms with E-state index in [9.17, 15) is 9.59 Å². The molecule has 172 valence electrons. The standard InChI is InChI=1S/C27H29NO4S/c1-4-17-32-23-10-8-7-9-21(23)15-16-24(29)28-26-25(27(30)31-6-3)22(18-33-26)20-13-11-19(5-2)12-14-20/h7-16,18H,4-6,17H2,1-3H3,(H,28,29). The fraction of sp³-hybridized carbons (Fsp3) is 0.259. The Bertz CT molecular complexity index is 1120. The number of benzene rings is 2. The van der Waals surface area contributed by atoms with Crippen molar-refractivity contribution in [3.63, 3.8) is 0 Å². The number of para-hydroxylation sites is 1. The van der Waals surface area contributed by atoms with Crippen LogP contribution in [0.3, 0.4) is 0 Å². The number of nitrogens with one attached hydrogen (secondary N) is 1. The van der Waals surface area contributed by atoms with Gasteiger partial charge in [0, 0.05) is 22.6 Å². The third-order valence-electron chi connectivity index (χ3n) is 4.98. The van der Waals surface area contributed by atoms with Crippen LogP contribution in [0.5, 0.6) is 5.75 Å². The number of amides is 1. The van der Waals surface area contributed by atoms with Crippen LogP contribution in [0, 0.1) is 0 Å². The first-order chi connectivity index (χ1) is 16.1. The molecule has 6 heteroatoms. The summed E-state index contributed by atoms with van der Waals surface area (Å²) in [4.78, 5) is 25.4. The molecule has 33 heavy (non-hydrogen) atoms. The van der Waals surface area contributed by atoms with Gasteiger partial charge < -0.3 is 14.8 Å². The Morgan fingerprint density at radius 3 is 2.48 bits per heavy atom. The highest BCUT2D eigenvalue weighted by Gasteiger charge is 2.22. The molecular weight excluding hydrogens is 434 g/mol. The van der Waals surface area contributed by atoms with E-state index in [4.69, 9.17) is 9.47 Å². The predicted octanol–water partition coefficient (Wildman–Crippen LogP) is 6.59. The van der Waals surface area contributed by atoms with Gasteiger partial charge in [-0.05, 0) is 43.0 Å². The van der Waals surface area contributed by atoms with Crippen LogP contribution < -0.4 is 10.1 Å². The van der Waals surface area contributed by atoms with Crippen LogP contribution in [0.1, 0.15) is 48.7 Å². The van der Waals surface area contributed by atoms with Crippen LogP contribution in [-0.2, 0) is 16.0 Å². The van der Waals surface area contributed by atoms with E-state index in [1.54, 1.807) is 13.0 Å². The first-order valence-corrected chi connectivity index (χ1v) is 12.0. The van der Waals surface area contributed by atoms with Crippen LogP contribution in [0.2, 0.25) is 0 Å². The molecule has 2 aromatic carbocycles. The van der Waals surface area contributed by atoms with Crippen molar-refractivity contribution in [3.05, 3.63) is 76.7 Å². The van der Waals surface area contributed by atoms with E-state index >= 15 is 0 Å². The third-order valence-corrected chi connectivity index (χ3v) is 5.87. The van der Waals surface area contributed by atoms with Crippen molar-refractivity contribution >= 4 is 34.3 Å². The summed E-state index contributed by atoms with van der Waals surface area (Å²) in [7, 11) is 0. The topological polar surface area (TPSA) is 64.6 Å². The van der Waals surface area contributed by atoms with E-state index in [0.29, 0.717) is 17.2 Å². The summed E-state index contributed by atoms with van der Waals surface area (Å²) < 4.78 is 11.0. The highest BCUT2D eigenvalue weighted by Crippen LogP contribution is 2.36. The Labute approximate surface area is 199 Å². The number of anilines is 1. The van der Waals surface area contributed by atoms with Gasteiger partial charge in [-0.3, -0.25) is 4.79 Å². The molecule has 3 aromatic rings. The van der Waals surface area contributed by atoms with Gasteiger partial charge in [0.25, 0.3) is 0 Å². The quantitative estimate of drug-likeness (QED) is 0.272. The van der Waals surface area contributed by atoms with Crippen LogP contribution >= 0.6 is 11.3 Å². The smallest absolute Gasteiger partial charge is 0.341 e. The van der Waals surface area contributed by atoms with E-state index < -0.39 is 5.97 Å².